The number of nitrogens with zero attached hydrogens (tertiary/aromatic N) is 2. The molecule has 2 aliphatic rings. The molecule has 2 saturated heterocycles. The van der Waals surface area contributed by atoms with Crippen molar-refractivity contribution in [1.29, 1.82) is 0 Å². The number of nitrogens with two attached hydrogens (primary N) is 1. The Hall–Kier alpha value is -0.160. The lowest BCUT2D eigenvalue weighted by molar-refractivity contribution is -0.984. The average molecular weight is 171 g/mol. The van der Waals surface area contributed by atoms with Crippen molar-refractivity contribution >= 4 is 0 Å². The molecule has 4 heteroatoms. The molecule has 0 unspecified atom stereocenters. The van der Waals surface area contributed by atoms with Crippen LogP contribution in [0.3, 0.4) is 0 Å². The van der Waals surface area contributed by atoms with Gasteiger partial charge in [-0.05, 0) is 12.8 Å². The standard InChI is InChI=1S/C8H19N4/c9-12(7-3-4-8-12)10-11-5-1-2-6-11/h10H,1-9H2/q+1. The van der Waals surface area contributed by atoms with Gasteiger partial charge in [-0.15, -0.1) is 0 Å². The molecule has 70 valence electrons. The zero-order chi connectivity index (χ0) is 8.44. The van der Waals surface area contributed by atoms with Crippen molar-refractivity contribution in [2.24, 2.45) is 5.84 Å². The fraction of sp³-hybridized carbons (Fsp3) is 1.00. The third kappa shape index (κ3) is 1.77. The largest absolute Gasteiger partial charge is 0.198 e. The van der Waals surface area contributed by atoms with Gasteiger partial charge in [0.1, 0.15) is 13.1 Å². The second-order valence-corrected chi connectivity index (χ2v) is 3.98. The number of quaternary nitrogens is 1. The Morgan fingerprint density at radius 3 is 2.17 bits per heavy atom. The second kappa shape index (κ2) is 3.30. The third-order valence-corrected chi connectivity index (χ3v) is 2.81. The van der Waals surface area contributed by atoms with Gasteiger partial charge in [-0.2, -0.15) is 15.6 Å². The van der Waals surface area contributed by atoms with Crippen molar-refractivity contribution in [2.45, 2.75) is 25.7 Å². The van der Waals surface area contributed by atoms with Crippen molar-refractivity contribution in [2.75, 3.05) is 26.2 Å². The van der Waals surface area contributed by atoms with Crippen LogP contribution in [-0.2, 0) is 0 Å². The molecule has 2 heterocycles. The first kappa shape index (κ1) is 8.44. The maximum absolute atomic E-state index is 6.12. The van der Waals surface area contributed by atoms with Crippen molar-refractivity contribution in [3.63, 3.8) is 0 Å². The molecule has 0 aromatic carbocycles. The minimum Gasteiger partial charge on any atom is -0.198 e. The predicted molar refractivity (Wildman–Crippen MR) is 47.4 cm³/mol. The molecule has 0 amide bonds. The summed E-state index contributed by atoms with van der Waals surface area (Å²) in [7, 11) is 0. The van der Waals surface area contributed by atoms with Crippen molar-refractivity contribution < 1.29 is 4.70 Å². The van der Waals surface area contributed by atoms with Crippen LogP contribution >= 0.6 is 0 Å². The topological polar surface area (TPSA) is 41.3 Å². The molecule has 0 atom stereocenters. The number of nitrogens with one attached hydrogen (secondary N) is 1. The van der Waals surface area contributed by atoms with E-state index in [9.17, 15) is 0 Å². The average Bonchev–Trinajstić information content (AvgIpc) is 2.62. The maximum atomic E-state index is 6.12. The Balaban J connectivity index is 1.83. The summed E-state index contributed by atoms with van der Waals surface area (Å²) in [6.45, 7) is 4.49. The summed E-state index contributed by atoms with van der Waals surface area (Å²) in [4.78, 5) is 0. The molecule has 12 heavy (non-hydrogen) atoms. The highest BCUT2D eigenvalue weighted by Gasteiger charge is 2.31. The van der Waals surface area contributed by atoms with Crippen molar-refractivity contribution in [1.82, 2.24) is 10.5 Å². The summed E-state index contributed by atoms with van der Waals surface area (Å²) < 4.78 is 0.569. The van der Waals surface area contributed by atoms with Crippen LogP contribution in [0.15, 0.2) is 0 Å². The Bertz CT molecular complexity index is 147. The van der Waals surface area contributed by atoms with E-state index in [0.717, 1.165) is 26.2 Å². The van der Waals surface area contributed by atoms with E-state index in [-0.39, 0.29) is 0 Å². The lowest BCUT2D eigenvalue weighted by Crippen LogP contribution is -2.66. The molecular formula is C8H19N4+. The van der Waals surface area contributed by atoms with Crippen LogP contribution < -0.4 is 11.4 Å². The van der Waals surface area contributed by atoms with Gasteiger partial charge in [-0.1, -0.05) is 5.53 Å². The lowest BCUT2D eigenvalue weighted by atomic mass is 10.4. The molecule has 0 aliphatic carbocycles. The fourth-order valence-corrected chi connectivity index (χ4v) is 2.10. The van der Waals surface area contributed by atoms with Gasteiger partial charge in [0.2, 0.25) is 0 Å². The van der Waals surface area contributed by atoms with Crippen LogP contribution in [0.4, 0.5) is 0 Å². The van der Waals surface area contributed by atoms with Gasteiger partial charge in [0.05, 0.1) is 0 Å². The van der Waals surface area contributed by atoms with Gasteiger partial charge >= 0.3 is 0 Å². The van der Waals surface area contributed by atoms with Gasteiger partial charge in [0.15, 0.2) is 0 Å². The van der Waals surface area contributed by atoms with E-state index in [1.165, 1.54) is 25.7 Å². The molecule has 2 fully saturated rings. The predicted octanol–water partition coefficient (Wildman–Crippen LogP) is -0.0139. The monoisotopic (exact) mass is 171 g/mol. The molecular weight excluding hydrogens is 152 g/mol. The summed E-state index contributed by atoms with van der Waals surface area (Å²) in [5.41, 5.74) is 3.40. The van der Waals surface area contributed by atoms with Crippen LogP contribution in [0.5, 0.6) is 0 Å². The van der Waals surface area contributed by atoms with E-state index in [1.807, 2.05) is 0 Å². The molecule has 3 N–H and O–H groups in total. The Labute approximate surface area is 73.8 Å². The molecule has 0 aromatic rings. The number of hydrogen-bond acceptors (Lipinski definition) is 3. The van der Waals surface area contributed by atoms with E-state index in [0.29, 0.717) is 4.70 Å². The van der Waals surface area contributed by atoms with Crippen LogP contribution in [-0.4, -0.2) is 35.9 Å². The molecule has 0 saturated carbocycles. The normalized spacial score (nSPS) is 29.8. The first-order valence-corrected chi connectivity index (χ1v) is 4.97. The summed E-state index contributed by atoms with van der Waals surface area (Å²) in [6, 6.07) is 0. The Morgan fingerprint density at radius 2 is 1.58 bits per heavy atom. The minimum atomic E-state index is 0.569. The van der Waals surface area contributed by atoms with Gasteiger partial charge < -0.3 is 0 Å². The molecule has 2 aliphatic heterocycles. The molecule has 0 radical (unpaired) electrons. The van der Waals surface area contributed by atoms with Gasteiger partial charge in [0, 0.05) is 25.9 Å². The van der Waals surface area contributed by atoms with E-state index in [1.54, 1.807) is 0 Å². The smallest absolute Gasteiger partial charge is 0.116 e. The molecule has 0 aromatic heterocycles. The molecule has 0 spiro atoms. The highest BCUT2D eigenvalue weighted by molar-refractivity contribution is 4.59. The van der Waals surface area contributed by atoms with E-state index in [2.05, 4.69) is 10.5 Å². The summed E-state index contributed by atoms with van der Waals surface area (Å²) in [5, 5.41) is 2.27. The molecule has 0 bridgehead atoms. The van der Waals surface area contributed by atoms with Crippen molar-refractivity contribution in [3.8, 4) is 0 Å². The summed E-state index contributed by atoms with van der Waals surface area (Å²) >= 11 is 0. The van der Waals surface area contributed by atoms with Gasteiger partial charge in [-0.25, -0.2) is 0 Å². The highest BCUT2D eigenvalue weighted by atomic mass is 15.9. The van der Waals surface area contributed by atoms with Crippen LogP contribution in [0.25, 0.3) is 0 Å². The first-order valence-electron chi connectivity index (χ1n) is 4.97. The second-order valence-electron chi connectivity index (χ2n) is 3.98. The van der Waals surface area contributed by atoms with Gasteiger partial charge in [0.25, 0.3) is 0 Å². The molecule has 2 rings (SSSR count). The quantitative estimate of drug-likeness (QED) is 0.453. The highest BCUT2D eigenvalue weighted by Crippen LogP contribution is 2.12. The SMILES string of the molecule is N[N+]1(NN2CCCC2)CCCC1. The Morgan fingerprint density at radius 1 is 1.00 bits per heavy atom. The van der Waals surface area contributed by atoms with Gasteiger partial charge in [-0.3, -0.25) is 0 Å². The number of hydrogen-bond donors (Lipinski definition) is 2. The fourth-order valence-electron chi connectivity index (χ4n) is 2.10. The van der Waals surface area contributed by atoms with Crippen LogP contribution in [0.1, 0.15) is 25.7 Å². The summed E-state index contributed by atoms with van der Waals surface area (Å²) in [6.07, 6.45) is 5.15. The summed E-state index contributed by atoms with van der Waals surface area (Å²) in [5.74, 6) is 6.12. The van der Waals surface area contributed by atoms with E-state index in [4.69, 9.17) is 5.84 Å². The Kier molecular flexibility index (Phi) is 2.32. The van der Waals surface area contributed by atoms with Crippen LogP contribution in [0.2, 0.25) is 0 Å². The third-order valence-electron chi connectivity index (χ3n) is 2.81. The number of hydrazine groups is 1. The first-order chi connectivity index (χ1) is 5.79. The zero-order valence-electron chi connectivity index (χ0n) is 7.63. The van der Waals surface area contributed by atoms with E-state index >= 15 is 0 Å². The lowest BCUT2D eigenvalue weighted by Gasteiger charge is -2.31. The van der Waals surface area contributed by atoms with Crippen molar-refractivity contribution in [3.05, 3.63) is 0 Å². The van der Waals surface area contributed by atoms with E-state index < -0.39 is 0 Å². The van der Waals surface area contributed by atoms with Crippen LogP contribution in [0, 0.1) is 0 Å². The zero-order valence-corrected chi connectivity index (χ0v) is 7.63. The maximum Gasteiger partial charge on any atom is 0.116 e. The minimum absolute atomic E-state index is 0.569. The number of rotatable bonds is 2. The molecule has 4 nitrogen and oxygen atoms in total.